The zero-order chi connectivity index (χ0) is 10.7. The van der Waals surface area contributed by atoms with Gasteiger partial charge in [-0.25, -0.2) is 4.39 Å². The van der Waals surface area contributed by atoms with Crippen LogP contribution in [0.3, 0.4) is 0 Å². The third-order valence-corrected chi connectivity index (χ3v) is 3.18. The van der Waals surface area contributed by atoms with E-state index in [9.17, 15) is 4.39 Å². The van der Waals surface area contributed by atoms with E-state index in [1.807, 2.05) is 12.1 Å². The van der Waals surface area contributed by atoms with Crippen LogP contribution in [0.5, 0.6) is 0 Å². The number of nitrogens with two attached hydrogens (primary N) is 1. The molecule has 0 saturated carbocycles. The van der Waals surface area contributed by atoms with Gasteiger partial charge in [-0.2, -0.15) is 0 Å². The Morgan fingerprint density at radius 1 is 1.33 bits per heavy atom. The number of hydrogen-bond donors (Lipinski definition) is 2. The third kappa shape index (κ3) is 2.36. The maximum absolute atomic E-state index is 12.7. The molecule has 0 aromatic heterocycles. The fraction of sp³-hybridized carbons (Fsp3) is 0.500. The SMILES string of the molecule is NCC1(Cc2ccc(F)cc2)CCCN1. The minimum atomic E-state index is -0.181. The van der Waals surface area contributed by atoms with Gasteiger partial charge in [0, 0.05) is 12.1 Å². The number of halogens is 1. The van der Waals surface area contributed by atoms with Crippen molar-refractivity contribution in [1.29, 1.82) is 0 Å². The van der Waals surface area contributed by atoms with E-state index in [2.05, 4.69) is 5.32 Å². The lowest BCUT2D eigenvalue weighted by Gasteiger charge is -2.28. The Kier molecular flexibility index (Phi) is 3.03. The van der Waals surface area contributed by atoms with E-state index in [4.69, 9.17) is 5.73 Å². The van der Waals surface area contributed by atoms with E-state index in [1.54, 1.807) is 0 Å². The van der Waals surface area contributed by atoms with E-state index in [0.717, 1.165) is 24.9 Å². The summed E-state index contributed by atoms with van der Waals surface area (Å²) in [7, 11) is 0. The molecule has 3 heteroatoms. The van der Waals surface area contributed by atoms with Gasteiger partial charge < -0.3 is 11.1 Å². The van der Waals surface area contributed by atoms with Gasteiger partial charge in [0.1, 0.15) is 5.82 Å². The van der Waals surface area contributed by atoms with Crippen LogP contribution in [0.25, 0.3) is 0 Å². The van der Waals surface area contributed by atoms with E-state index < -0.39 is 0 Å². The molecule has 1 unspecified atom stereocenters. The highest BCUT2D eigenvalue weighted by Crippen LogP contribution is 2.23. The zero-order valence-corrected chi connectivity index (χ0v) is 8.80. The van der Waals surface area contributed by atoms with Crippen LogP contribution in [-0.4, -0.2) is 18.6 Å². The molecule has 15 heavy (non-hydrogen) atoms. The molecule has 0 radical (unpaired) electrons. The normalized spacial score (nSPS) is 25.7. The van der Waals surface area contributed by atoms with Crippen LogP contribution in [0.2, 0.25) is 0 Å². The van der Waals surface area contributed by atoms with Crippen molar-refractivity contribution in [2.45, 2.75) is 24.8 Å². The van der Waals surface area contributed by atoms with Gasteiger partial charge >= 0.3 is 0 Å². The molecule has 0 amide bonds. The highest BCUT2D eigenvalue weighted by atomic mass is 19.1. The molecule has 1 atom stereocenters. The highest BCUT2D eigenvalue weighted by molar-refractivity contribution is 5.20. The summed E-state index contributed by atoms with van der Waals surface area (Å²) in [5.41, 5.74) is 7.00. The summed E-state index contributed by atoms with van der Waals surface area (Å²) in [6.45, 7) is 1.68. The summed E-state index contributed by atoms with van der Waals surface area (Å²) in [5.74, 6) is -0.181. The molecule has 0 bridgehead atoms. The molecule has 1 aliphatic rings. The Morgan fingerprint density at radius 3 is 2.60 bits per heavy atom. The molecular formula is C12H17FN2. The summed E-state index contributed by atoms with van der Waals surface area (Å²) in [5, 5.41) is 3.46. The van der Waals surface area contributed by atoms with Gasteiger partial charge in [0.2, 0.25) is 0 Å². The smallest absolute Gasteiger partial charge is 0.123 e. The lowest BCUT2D eigenvalue weighted by molar-refractivity contribution is 0.383. The first-order valence-corrected chi connectivity index (χ1v) is 5.44. The van der Waals surface area contributed by atoms with Crippen molar-refractivity contribution in [2.24, 2.45) is 5.73 Å². The standard InChI is InChI=1S/C12H17FN2/c13-11-4-2-10(3-5-11)8-12(9-14)6-1-7-15-12/h2-5,15H,1,6-9,14H2. The minimum absolute atomic E-state index is 0.0395. The summed E-state index contributed by atoms with van der Waals surface area (Å²) < 4.78 is 12.7. The van der Waals surface area contributed by atoms with Crippen LogP contribution in [0.4, 0.5) is 4.39 Å². The first-order chi connectivity index (χ1) is 7.24. The largest absolute Gasteiger partial charge is 0.329 e. The molecule has 82 valence electrons. The van der Waals surface area contributed by atoms with Gasteiger partial charge in [-0.15, -0.1) is 0 Å². The summed E-state index contributed by atoms with van der Waals surface area (Å²) in [6, 6.07) is 6.70. The third-order valence-electron chi connectivity index (χ3n) is 3.18. The van der Waals surface area contributed by atoms with Crippen molar-refractivity contribution in [3.8, 4) is 0 Å². The van der Waals surface area contributed by atoms with Gasteiger partial charge in [0.15, 0.2) is 0 Å². The molecule has 0 spiro atoms. The Hall–Kier alpha value is -0.930. The Labute approximate surface area is 89.7 Å². The summed E-state index contributed by atoms with van der Waals surface area (Å²) in [4.78, 5) is 0. The number of nitrogens with one attached hydrogen (secondary N) is 1. The molecule has 1 fully saturated rings. The quantitative estimate of drug-likeness (QED) is 0.789. The average Bonchev–Trinajstić information content (AvgIpc) is 2.71. The number of benzene rings is 1. The fourth-order valence-electron chi connectivity index (χ4n) is 2.26. The second-order valence-corrected chi connectivity index (χ2v) is 4.32. The fourth-order valence-corrected chi connectivity index (χ4v) is 2.26. The van der Waals surface area contributed by atoms with E-state index >= 15 is 0 Å². The second-order valence-electron chi connectivity index (χ2n) is 4.32. The lowest BCUT2D eigenvalue weighted by Crippen LogP contribution is -2.48. The Balaban J connectivity index is 2.09. The second kappa shape index (κ2) is 4.29. The molecular weight excluding hydrogens is 191 g/mol. The molecule has 1 heterocycles. The van der Waals surface area contributed by atoms with Gasteiger partial charge in [-0.1, -0.05) is 12.1 Å². The summed E-state index contributed by atoms with van der Waals surface area (Å²) >= 11 is 0. The van der Waals surface area contributed by atoms with E-state index in [0.29, 0.717) is 6.54 Å². The molecule has 1 saturated heterocycles. The molecule has 2 nitrogen and oxygen atoms in total. The first kappa shape index (κ1) is 10.6. The maximum Gasteiger partial charge on any atom is 0.123 e. The zero-order valence-electron chi connectivity index (χ0n) is 8.80. The van der Waals surface area contributed by atoms with Crippen molar-refractivity contribution >= 4 is 0 Å². The van der Waals surface area contributed by atoms with Crippen LogP contribution in [0, 0.1) is 5.82 Å². The van der Waals surface area contributed by atoms with Crippen LogP contribution in [0.1, 0.15) is 18.4 Å². The number of rotatable bonds is 3. The van der Waals surface area contributed by atoms with Crippen molar-refractivity contribution in [3.63, 3.8) is 0 Å². The van der Waals surface area contributed by atoms with E-state index in [1.165, 1.54) is 18.6 Å². The van der Waals surface area contributed by atoms with Crippen molar-refractivity contribution in [2.75, 3.05) is 13.1 Å². The van der Waals surface area contributed by atoms with Crippen molar-refractivity contribution in [3.05, 3.63) is 35.6 Å². The lowest BCUT2D eigenvalue weighted by atomic mass is 9.89. The highest BCUT2D eigenvalue weighted by Gasteiger charge is 2.31. The van der Waals surface area contributed by atoms with Crippen LogP contribution >= 0.6 is 0 Å². The maximum atomic E-state index is 12.7. The van der Waals surface area contributed by atoms with E-state index in [-0.39, 0.29) is 11.4 Å². The predicted molar refractivity (Wildman–Crippen MR) is 59.1 cm³/mol. The number of hydrogen-bond acceptors (Lipinski definition) is 2. The first-order valence-electron chi connectivity index (χ1n) is 5.44. The van der Waals surface area contributed by atoms with Gasteiger partial charge in [0.05, 0.1) is 0 Å². The molecule has 1 aromatic carbocycles. The molecule has 1 aromatic rings. The van der Waals surface area contributed by atoms with Crippen LogP contribution < -0.4 is 11.1 Å². The van der Waals surface area contributed by atoms with Crippen molar-refractivity contribution in [1.82, 2.24) is 5.32 Å². The predicted octanol–water partition coefficient (Wildman–Crippen LogP) is 1.45. The minimum Gasteiger partial charge on any atom is -0.329 e. The van der Waals surface area contributed by atoms with Crippen molar-refractivity contribution < 1.29 is 4.39 Å². The van der Waals surface area contributed by atoms with Gasteiger partial charge in [0.25, 0.3) is 0 Å². The molecule has 3 N–H and O–H groups in total. The Morgan fingerprint density at radius 2 is 2.07 bits per heavy atom. The Bertz CT molecular complexity index is 315. The topological polar surface area (TPSA) is 38.0 Å². The van der Waals surface area contributed by atoms with Gasteiger partial charge in [-0.05, 0) is 43.5 Å². The average molecular weight is 208 g/mol. The molecule has 0 aliphatic carbocycles. The molecule has 1 aliphatic heterocycles. The molecule has 2 rings (SSSR count). The van der Waals surface area contributed by atoms with Gasteiger partial charge in [-0.3, -0.25) is 0 Å². The van der Waals surface area contributed by atoms with Crippen LogP contribution in [0.15, 0.2) is 24.3 Å². The van der Waals surface area contributed by atoms with Crippen LogP contribution in [-0.2, 0) is 6.42 Å². The summed E-state index contributed by atoms with van der Waals surface area (Å²) in [6.07, 6.45) is 3.18. The monoisotopic (exact) mass is 208 g/mol.